The van der Waals surface area contributed by atoms with Crippen molar-refractivity contribution in [1.29, 1.82) is 0 Å². The maximum atomic E-state index is 11.4. The van der Waals surface area contributed by atoms with Gasteiger partial charge in [0, 0.05) is 20.2 Å². The van der Waals surface area contributed by atoms with Crippen LogP contribution in [0.4, 0.5) is 0 Å². The number of aliphatic hydroxyl groups excluding tert-OH is 1. The van der Waals surface area contributed by atoms with Crippen LogP contribution in [0.25, 0.3) is 0 Å². The monoisotopic (exact) mass is 202 g/mol. The number of carbonyl (C=O) groups is 1. The highest BCUT2D eigenvalue weighted by molar-refractivity contribution is 5.80. The molecule has 82 valence electrons. The standard InChI is InChI=1S/C9H18N2O3/c1-14-8(4-10)9(13)11-5-6-2-7(12)3-6/h6-8,12H,2-5,10H2,1H3,(H,11,13). The number of carbonyl (C=O) groups excluding carboxylic acids is 1. The highest BCUT2D eigenvalue weighted by Gasteiger charge is 2.27. The summed E-state index contributed by atoms with van der Waals surface area (Å²) in [5, 5.41) is 11.8. The van der Waals surface area contributed by atoms with Gasteiger partial charge in [0.1, 0.15) is 6.10 Å². The van der Waals surface area contributed by atoms with Gasteiger partial charge in [0.25, 0.3) is 0 Å². The molecule has 0 bridgehead atoms. The Kier molecular flexibility index (Phi) is 4.31. The Labute approximate surface area is 83.6 Å². The van der Waals surface area contributed by atoms with Gasteiger partial charge >= 0.3 is 0 Å². The van der Waals surface area contributed by atoms with Gasteiger partial charge in [-0.15, -0.1) is 0 Å². The fourth-order valence-electron chi connectivity index (χ4n) is 1.54. The van der Waals surface area contributed by atoms with E-state index >= 15 is 0 Å². The number of methoxy groups -OCH3 is 1. The zero-order valence-electron chi connectivity index (χ0n) is 8.40. The second-order valence-corrected chi connectivity index (χ2v) is 3.70. The molecule has 4 N–H and O–H groups in total. The van der Waals surface area contributed by atoms with Crippen LogP contribution < -0.4 is 11.1 Å². The van der Waals surface area contributed by atoms with Crippen molar-refractivity contribution < 1.29 is 14.6 Å². The first kappa shape index (κ1) is 11.4. The first-order chi connectivity index (χ1) is 6.67. The normalized spacial score (nSPS) is 27.9. The van der Waals surface area contributed by atoms with Crippen LogP contribution in [-0.2, 0) is 9.53 Å². The SMILES string of the molecule is COC(CN)C(=O)NCC1CC(O)C1. The fraction of sp³-hybridized carbons (Fsp3) is 0.889. The number of aliphatic hydroxyl groups is 1. The molecule has 0 radical (unpaired) electrons. The van der Waals surface area contributed by atoms with E-state index < -0.39 is 6.10 Å². The Morgan fingerprint density at radius 1 is 1.71 bits per heavy atom. The van der Waals surface area contributed by atoms with Gasteiger partial charge in [-0.1, -0.05) is 0 Å². The summed E-state index contributed by atoms with van der Waals surface area (Å²) in [5.74, 6) is 0.237. The first-order valence-corrected chi connectivity index (χ1v) is 4.86. The van der Waals surface area contributed by atoms with Crippen LogP contribution in [0.3, 0.4) is 0 Å². The molecule has 0 aromatic carbocycles. The fourth-order valence-corrected chi connectivity index (χ4v) is 1.54. The number of amides is 1. The summed E-state index contributed by atoms with van der Waals surface area (Å²) in [5.41, 5.74) is 5.33. The van der Waals surface area contributed by atoms with Crippen LogP contribution in [0.2, 0.25) is 0 Å². The third-order valence-electron chi connectivity index (χ3n) is 2.57. The van der Waals surface area contributed by atoms with Crippen molar-refractivity contribution in [3.63, 3.8) is 0 Å². The molecule has 1 amide bonds. The molecular weight excluding hydrogens is 184 g/mol. The number of rotatable bonds is 5. The van der Waals surface area contributed by atoms with Crippen molar-refractivity contribution in [2.24, 2.45) is 11.7 Å². The molecule has 0 spiro atoms. The smallest absolute Gasteiger partial charge is 0.250 e. The second-order valence-electron chi connectivity index (χ2n) is 3.70. The Balaban J connectivity index is 2.14. The molecule has 0 aromatic heterocycles. The largest absolute Gasteiger partial charge is 0.393 e. The molecule has 1 atom stereocenters. The lowest BCUT2D eigenvalue weighted by Gasteiger charge is -2.31. The van der Waals surface area contributed by atoms with E-state index in [0.717, 1.165) is 12.8 Å². The lowest BCUT2D eigenvalue weighted by molar-refractivity contribution is -0.131. The van der Waals surface area contributed by atoms with Crippen molar-refractivity contribution in [1.82, 2.24) is 5.32 Å². The minimum absolute atomic E-state index is 0.170. The van der Waals surface area contributed by atoms with Gasteiger partial charge < -0.3 is 20.9 Å². The molecular formula is C9H18N2O3. The number of ether oxygens (including phenoxy) is 1. The Morgan fingerprint density at radius 3 is 2.79 bits per heavy atom. The first-order valence-electron chi connectivity index (χ1n) is 4.86. The lowest BCUT2D eigenvalue weighted by atomic mass is 9.82. The van der Waals surface area contributed by atoms with Crippen molar-refractivity contribution in [3.05, 3.63) is 0 Å². The van der Waals surface area contributed by atoms with Gasteiger partial charge in [0.2, 0.25) is 5.91 Å². The molecule has 14 heavy (non-hydrogen) atoms. The van der Waals surface area contributed by atoms with Crippen LogP contribution in [-0.4, -0.2) is 43.4 Å². The maximum Gasteiger partial charge on any atom is 0.250 e. The van der Waals surface area contributed by atoms with E-state index in [1.807, 2.05) is 0 Å². The van der Waals surface area contributed by atoms with Crippen molar-refractivity contribution >= 4 is 5.91 Å². The van der Waals surface area contributed by atoms with Gasteiger partial charge in [-0.3, -0.25) is 4.79 Å². The zero-order chi connectivity index (χ0) is 10.6. The van der Waals surface area contributed by atoms with Crippen LogP contribution in [0, 0.1) is 5.92 Å². The van der Waals surface area contributed by atoms with Gasteiger partial charge in [0.15, 0.2) is 0 Å². The Hall–Kier alpha value is -0.650. The van der Waals surface area contributed by atoms with Crippen molar-refractivity contribution in [2.45, 2.75) is 25.0 Å². The molecule has 1 aliphatic rings. The predicted molar refractivity (Wildman–Crippen MR) is 51.6 cm³/mol. The van der Waals surface area contributed by atoms with Gasteiger partial charge in [-0.2, -0.15) is 0 Å². The van der Waals surface area contributed by atoms with Crippen LogP contribution in [0.15, 0.2) is 0 Å². The Bertz CT molecular complexity index is 188. The molecule has 0 aliphatic heterocycles. The van der Waals surface area contributed by atoms with Crippen LogP contribution in [0.1, 0.15) is 12.8 Å². The van der Waals surface area contributed by atoms with Crippen molar-refractivity contribution in [2.75, 3.05) is 20.2 Å². The summed E-state index contributed by atoms with van der Waals surface area (Å²) < 4.78 is 4.88. The molecule has 1 aliphatic carbocycles. The number of hydrogen-bond acceptors (Lipinski definition) is 4. The number of nitrogens with one attached hydrogen (secondary N) is 1. The van der Waals surface area contributed by atoms with E-state index in [4.69, 9.17) is 15.6 Å². The second kappa shape index (κ2) is 5.29. The molecule has 1 saturated carbocycles. The minimum Gasteiger partial charge on any atom is -0.393 e. The third kappa shape index (κ3) is 2.94. The quantitative estimate of drug-likeness (QED) is 0.525. The molecule has 1 unspecified atom stereocenters. The molecule has 0 aromatic rings. The molecule has 5 nitrogen and oxygen atoms in total. The zero-order valence-corrected chi connectivity index (χ0v) is 8.40. The number of hydrogen-bond donors (Lipinski definition) is 3. The minimum atomic E-state index is -0.556. The summed E-state index contributed by atoms with van der Waals surface area (Å²) in [7, 11) is 1.46. The van der Waals surface area contributed by atoms with E-state index in [1.54, 1.807) is 0 Å². The average molecular weight is 202 g/mol. The van der Waals surface area contributed by atoms with E-state index in [9.17, 15) is 4.79 Å². The third-order valence-corrected chi connectivity index (χ3v) is 2.57. The van der Waals surface area contributed by atoms with E-state index in [0.29, 0.717) is 12.5 Å². The summed E-state index contributed by atoms with van der Waals surface area (Å²) in [6.07, 6.45) is 0.825. The molecule has 0 heterocycles. The topological polar surface area (TPSA) is 84.6 Å². The average Bonchev–Trinajstić information content (AvgIpc) is 2.12. The highest BCUT2D eigenvalue weighted by Crippen LogP contribution is 2.25. The number of nitrogens with two attached hydrogens (primary N) is 1. The highest BCUT2D eigenvalue weighted by atomic mass is 16.5. The summed E-state index contributed by atoms with van der Waals surface area (Å²) in [4.78, 5) is 11.4. The van der Waals surface area contributed by atoms with Gasteiger partial charge in [-0.25, -0.2) is 0 Å². The predicted octanol–water partition coefficient (Wildman–Crippen LogP) is -1.15. The van der Waals surface area contributed by atoms with E-state index in [-0.39, 0.29) is 18.6 Å². The van der Waals surface area contributed by atoms with Crippen LogP contribution in [0.5, 0.6) is 0 Å². The van der Waals surface area contributed by atoms with Crippen LogP contribution >= 0.6 is 0 Å². The molecule has 5 heteroatoms. The molecule has 1 fully saturated rings. The summed E-state index contributed by atoms with van der Waals surface area (Å²) >= 11 is 0. The van der Waals surface area contributed by atoms with Crippen molar-refractivity contribution in [3.8, 4) is 0 Å². The molecule has 0 saturated heterocycles. The van der Waals surface area contributed by atoms with E-state index in [1.165, 1.54) is 7.11 Å². The summed E-state index contributed by atoms with van der Waals surface area (Å²) in [6, 6.07) is 0. The maximum absolute atomic E-state index is 11.4. The van der Waals surface area contributed by atoms with Gasteiger partial charge in [0.05, 0.1) is 6.10 Å². The Morgan fingerprint density at radius 2 is 2.36 bits per heavy atom. The van der Waals surface area contributed by atoms with Gasteiger partial charge in [-0.05, 0) is 18.8 Å². The summed E-state index contributed by atoms with van der Waals surface area (Å²) in [6.45, 7) is 0.797. The lowest BCUT2D eigenvalue weighted by Crippen LogP contribution is -2.45. The molecule has 1 rings (SSSR count). The van der Waals surface area contributed by atoms with E-state index in [2.05, 4.69) is 5.32 Å².